The number of aromatic nitrogens is 5. The normalized spacial score (nSPS) is 14.9. The lowest BCUT2D eigenvalue weighted by Gasteiger charge is -2.32. The van der Waals surface area contributed by atoms with Gasteiger partial charge in [-0.15, -0.1) is 0 Å². The van der Waals surface area contributed by atoms with Crippen molar-refractivity contribution in [3.8, 4) is 45.7 Å². The number of nitrogens with zero attached hydrogens (tertiary/aromatic N) is 7. The molecule has 1 saturated heterocycles. The monoisotopic (exact) mass is 558 g/mol. The standard InChI is InChI=1S/C32H27FN8O/c33-26-18-35-17-25-31(26)42-20-41-30(23-4-2-1-3-5-23)29(39-32(25)41)22-8-6-21(7-9-22)19-40-14-11-24(12-15-40)37-27-10-13-36-28(16-34)38-27/h1-10,13,17-18,24H,11-12,14-15,19-20H2,(H,36,37,38). The van der Waals surface area contributed by atoms with Gasteiger partial charge in [0.25, 0.3) is 0 Å². The van der Waals surface area contributed by atoms with Crippen LogP contribution in [0, 0.1) is 17.1 Å². The van der Waals surface area contributed by atoms with Gasteiger partial charge in [-0.25, -0.2) is 19.3 Å². The second kappa shape index (κ2) is 11.0. The van der Waals surface area contributed by atoms with Gasteiger partial charge in [-0.2, -0.15) is 5.26 Å². The van der Waals surface area contributed by atoms with Crippen LogP contribution in [0.5, 0.6) is 5.75 Å². The maximum Gasteiger partial charge on any atom is 0.234 e. The van der Waals surface area contributed by atoms with E-state index < -0.39 is 5.82 Å². The summed E-state index contributed by atoms with van der Waals surface area (Å²) in [5.74, 6) is 1.21. The van der Waals surface area contributed by atoms with Crippen molar-refractivity contribution in [3.63, 3.8) is 0 Å². The molecule has 1 N–H and O–H groups in total. The van der Waals surface area contributed by atoms with Gasteiger partial charge >= 0.3 is 0 Å². The Labute approximate surface area is 242 Å². The van der Waals surface area contributed by atoms with E-state index >= 15 is 0 Å². The zero-order valence-corrected chi connectivity index (χ0v) is 22.7. The van der Waals surface area contributed by atoms with Gasteiger partial charge in [0.1, 0.15) is 17.7 Å². The number of hydrogen-bond acceptors (Lipinski definition) is 8. The lowest BCUT2D eigenvalue weighted by atomic mass is 10.0. The molecule has 5 aromatic rings. The first-order valence-corrected chi connectivity index (χ1v) is 13.9. The van der Waals surface area contributed by atoms with Gasteiger partial charge in [-0.3, -0.25) is 14.5 Å². The summed E-state index contributed by atoms with van der Waals surface area (Å²) >= 11 is 0. The Balaban J connectivity index is 1.09. The van der Waals surface area contributed by atoms with Crippen LogP contribution in [0.2, 0.25) is 0 Å². The van der Waals surface area contributed by atoms with E-state index in [9.17, 15) is 4.39 Å². The Morgan fingerprint density at radius 1 is 0.976 bits per heavy atom. The summed E-state index contributed by atoms with van der Waals surface area (Å²) in [6.07, 6.45) is 6.36. The maximum atomic E-state index is 14.5. The van der Waals surface area contributed by atoms with Crippen LogP contribution in [0.15, 0.2) is 79.3 Å². The predicted molar refractivity (Wildman–Crippen MR) is 156 cm³/mol. The topological polar surface area (TPSA) is 105 Å². The van der Waals surface area contributed by atoms with E-state index in [-0.39, 0.29) is 18.3 Å². The zero-order valence-electron chi connectivity index (χ0n) is 22.7. The van der Waals surface area contributed by atoms with E-state index in [2.05, 4.69) is 49.4 Å². The third-order valence-electron chi connectivity index (χ3n) is 7.78. The molecular weight excluding hydrogens is 531 g/mol. The molecule has 9 nitrogen and oxygen atoms in total. The van der Waals surface area contributed by atoms with E-state index in [1.165, 1.54) is 5.56 Å². The molecule has 10 heteroatoms. The smallest absolute Gasteiger partial charge is 0.234 e. The summed E-state index contributed by atoms with van der Waals surface area (Å²) in [6.45, 7) is 2.95. The van der Waals surface area contributed by atoms with Gasteiger partial charge in [0.2, 0.25) is 5.82 Å². The zero-order chi connectivity index (χ0) is 28.5. The average molecular weight is 559 g/mol. The van der Waals surface area contributed by atoms with Crippen molar-refractivity contribution in [2.75, 3.05) is 18.4 Å². The molecule has 3 aromatic heterocycles. The highest BCUT2D eigenvalue weighted by Crippen LogP contribution is 2.42. The highest BCUT2D eigenvalue weighted by Gasteiger charge is 2.28. The molecule has 0 unspecified atom stereocenters. The van der Waals surface area contributed by atoms with Gasteiger partial charge in [0, 0.05) is 49.2 Å². The third kappa shape index (κ3) is 4.95. The number of pyridine rings is 1. The van der Waals surface area contributed by atoms with Gasteiger partial charge < -0.3 is 10.1 Å². The van der Waals surface area contributed by atoms with Crippen LogP contribution in [-0.2, 0) is 13.3 Å². The van der Waals surface area contributed by atoms with Crippen LogP contribution >= 0.6 is 0 Å². The van der Waals surface area contributed by atoms with Gasteiger partial charge in [-0.1, -0.05) is 54.6 Å². The molecule has 0 aliphatic carbocycles. The maximum absolute atomic E-state index is 14.5. The molecule has 0 radical (unpaired) electrons. The molecule has 2 aliphatic rings. The largest absolute Gasteiger partial charge is 0.469 e. The molecule has 2 aliphatic heterocycles. The van der Waals surface area contributed by atoms with Crippen molar-refractivity contribution in [3.05, 3.63) is 96.5 Å². The van der Waals surface area contributed by atoms with Crippen molar-refractivity contribution in [1.82, 2.24) is 29.4 Å². The molecule has 2 aromatic carbocycles. The summed E-state index contributed by atoms with van der Waals surface area (Å²) in [5.41, 5.74) is 5.51. The Hall–Kier alpha value is -5.14. The summed E-state index contributed by atoms with van der Waals surface area (Å²) in [6, 6.07) is 22.7. The molecule has 0 saturated carbocycles. The minimum atomic E-state index is -0.490. The number of ether oxygens (including phenoxy) is 1. The number of nitriles is 1. The number of anilines is 1. The number of imidazole rings is 1. The molecule has 5 heterocycles. The Bertz CT molecular complexity index is 1770. The molecule has 1 fully saturated rings. The molecule has 0 amide bonds. The molecule has 208 valence electrons. The highest BCUT2D eigenvalue weighted by atomic mass is 19.1. The fraction of sp³-hybridized carbons (Fsp3) is 0.219. The number of piperidine rings is 1. The van der Waals surface area contributed by atoms with Crippen LogP contribution in [0.1, 0.15) is 24.2 Å². The molecule has 7 rings (SSSR count). The van der Waals surface area contributed by atoms with Crippen LogP contribution in [-0.4, -0.2) is 48.5 Å². The van der Waals surface area contributed by atoms with E-state index in [0.29, 0.717) is 23.2 Å². The van der Waals surface area contributed by atoms with Crippen LogP contribution in [0.25, 0.3) is 33.9 Å². The number of likely N-dealkylation sites (tertiary alicyclic amines) is 1. The molecule has 0 spiro atoms. The van der Waals surface area contributed by atoms with Crippen molar-refractivity contribution in [2.24, 2.45) is 0 Å². The third-order valence-corrected chi connectivity index (χ3v) is 7.78. The van der Waals surface area contributed by atoms with Gasteiger partial charge in [0.05, 0.1) is 23.1 Å². The number of benzene rings is 2. The molecule has 0 bridgehead atoms. The summed E-state index contributed by atoms with van der Waals surface area (Å²) in [7, 11) is 0. The summed E-state index contributed by atoms with van der Waals surface area (Å²) < 4.78 is 22.3. The number of nitrogens with one attached hydrogen (secondary N) is 1. The second-order valence-electron chi connectivity index (χ2n) is 10.5. The Morgan fingerprint density at radius 2 is 1.79 bits per heavy atom. The van der Waals surface area contributed by atoms with Crippen molar-refractivity contribution in [2.45, 2.75) is 32.2 Å². The molecule has 42 heavy (non-hydrogen) atoms. The lowest BCUT2D eigenvalue weighted by Crippen LogP contribution is -2.38. The van der Waals surface area contributed by atoms with Crippen LogP contribution < -0.4 is 10.1 Å². The number of fused-ring (bicyclic) bond motifs is 3. The van der Waals surface area contributed by atoms with Crippen LogP contribution in [0.4, 0.5) is 10.2 Å². The summed E-state index contributed by atoms with van der Waals surface area (Å²) in [5, 5.41) is 12.5. The predicted octanol–water partition coefficient (Wildman–Crippen LogP) is 5.51. The fourth-order valence-electron chi connectivity index (χ4n) is 5.70. The second-order valence-corrected chi connectivity index (χ2v) is 10.5. The average Bonchev–Trinajstić information content (AvgIpc) is 3.43. The lowest BCUT2D eigenvalue weighted by molar-refractivity contribution is 0.211. The van der Waals surface area contributed by atoms with Crippen molar-refractivity contribution >= 4 is 5.82 Å². The van der Waals surface area contributed by atoms with Crippen LogP contribution in [0.3, 0.4) is 0 Å². The first-order chi connectivity index (χ1) is 20.7. The van der Waals surface area contributed by atoms with E-state index in [1.54, 1.807) is 18.5 Å². The van der Waals surface area contributed by atoms with E-state index in [1.807, 2.05) is 41.0 Å². The van der Waals surface area contributed by atoms with Gasteiger partial charge in [-0.05, 0) is 24.5 Å². The fourth-order valence-corrected chi connectivity index (χ4v) is 5.70. The quantitative estimate of drug-likeness (QED) is 0.291. The van der Waals surface area contributed by atoms with Crippen molar-refractivity contribution < 1.29 is 9.13 Å². The summed E-state index contributed by atoms with van der Waals surface area (Å²) in [4.78, 5) is 19.7. The number of halogens is 1. The van der Waals surface area contributed by atoms with E-state index in [4.69, 9.17) is 15.0 Å². The SMILES string of the molecule is N#Cc1nccc(NC2CCN(Cc3ccc(-c4nc5n(c4-c4ccccc4)COc4c(F)cncc4-5)cc3)CC2)n1. The first kappa shape index (κ1) is 25.8. The molecular formula is C32H27FN8O. The molecule has 0 atom stereocenters. The van der Waals surface area contributed by atoms with Gasteiger partial charge in [0.15, 0.2) is 18.3 Å². The van der Waals surface area contributed by atoms with Crippen molar-refractivity contribution in [1.29, 1.82) is 5.26 Å². The number of rotatable bonds is 6. The minimum Gasteiger partial charge on any atom is -0.469 e. The number of hydrogen-bond donors (Lipinski definition) is 1. The highest BCUT2D eigenvalue weighted by molar-refractivity contribution is 5.83. The Kier molecular flexibility index (Phi) is 6.78. The first-order valence-electron chi connectivity index (χ1n) is 13.9. The van der Waals surface area contributed by atoms with E-state index in [0.717, 1.165) is 61.2 Å². The minimum absolute atomic E-state index is 0.167. The Morgan fingerprint density at radius 3 is 2.57 bits per heavy atom.